The quantitative estimate of drug-likeness (QED) is 0.759. The van der Waals surface area contributed by atoms with Gasteiger partial charge in [0.05, 0.1) is 0 Å². The molecule has 56 valence electrons. The Morgan fingerprint density at radius 3 is 2.45 bits per heavy atom. The molecular weight excluding hydrogens is 331 g/mol. The fraction of sp³-hybridized carbons (Fsp3) is 0.111. The third kappa shape index (κ3) is 2.65. The molecule has 11 heavy (non-hydrogen) atoms. The molecule has 2 radical (unpaired) electrons. The first-order valence-corrected chi connectivity index (χ1v) is 6.59. The molecule has 0 spiro atoms. The van der Waals surface area contributed by atoms with Gasteiger partial charge in [-0.3, -0.25) is 0 Å². The first-order chi connectivity index (χ1) is 5.36. The summed E-state index contributed by atoms with van der Waals surface area (Å²) in [6.07, 6.45) is 1.83. The van der Waals surface area contributed by atoms with Crippen LogP contribution in [0.15, 0.2) is 30.8 Å². The molecule has 0 N–H and O–H groups in total. The van der Waals surface area contributed by atoms with Crippen molar-refractivity contribution in [1.29, 1.82) is 0 Å². The Morgan fingerprint density at radius 2 is 2.00 bits per heavy atom. The molecule has 0 saturated heterocycles. The Morgan fingerprint density at radius 1 is 1.36 bits per heavy atom. The van der Waals surface area contributed by atoms with Gasteiger partial charge in [0.2, 0.25) is 0 Å². The van der Waals surface area contributed by atoms with Gasteiger partial charge < -0.3 is 0 Å². The monoisotopic (exact) mass is 342 g/mol. The van der Waals surface area contributed by atoms with Crippen LogP contribution in [0, 0.1) is 0 Å². The van der Waals surface area contributed by atoms with E-state index in [1.54, 1.807) is 0 Å². The van der Waals surface area contributed by atoms with Gasteiger partial charge in [-0.1, -0.05) is 0 Å². The zero-order valence-electron chi connectivity index (χ0n) is 6.29. The van der Waals surface area contributed by atoms with E-state index < -0.39 is 0 Å². The van der Waals surface area contributed by atoms with Gasteiger partial charge in [-0.2, -0.15) is 0 Å². The topological polar surface area (TPSA) is 9.23 Å². The van der Waals surface area contributed by atoms with Crippen molar-refractivity contribution in [3.8, 4) is 5.75 Å². The van der Waals surface area contributed by atoms with E-state index in [1.807, 2.05) is 30.3 Å². The van der Waals surface area contributed by atoms with Crippen molar-refractivity contribution in [3.63, 3.8) is 0 Å². The van der Waals surface area contributed by atoms with Crippen molar-refractivity contribution in [3.05, 3.63) is 36.4 Å². The van der Waals surface area contributed by atoms with Crippen molar-refractivity contribution in [2.24, 2.45) is 0 Å². The summed E-state index contributed by atoms with van der Waals surface area (Å²) in [4.78, 5) is 0. The van der Waals surface area contributed by atoms with E-state index in [1.165, 1.54) is 0 Å². The Kier molecular flexibility index (Phi) is 3.62. The van der Waals surface area contributed by atoms with Crippen LogP contribution in [0.4, 0.5) is 0 Å². The van der Waals surface area contributed by atoms with E-state index in [2.05, 4.69) is 6.58 Å². The average Bonchev–Trinajstić information content (AvgIpc) is 2.07. The molecule has 0 aromatic heterocycles. The van der Waals surface area contributed by atoms with Gasteiger partial charge in [0.15, 0.2) is 0 Å². The second-order valence-corrected chi connectivity index (χ2v) is 3.38. The van der Waals surface area contributed by atoms with E-state index in [-0.39, 0.29) is 0 Å². The van der Waals surface area contributed by atoms with Crippen LogP contribution < -0.4 is 4.74 Å². The van der Waals surface area contributed by atoms with Crippen LogP contribution in [0.2, 0.25) is 0 Å². The van der Waals surface area contributed by atoms with E-state index in [9.17, 15) is 0 Å². The molecule has 0 heterocycles. The van der Waals surface area contributed by atoms with Gasteiger partial charge >= 0.3 is 82.9 Å². The minimum atomic E-state index is 0.882. The van der Waals surface area contributed by atoms with E-state index in [4.69, 9.17) is 4.74 Å². The maximum atomic E-state index is 5.35. The Bertz CT molecular complexity index is 228. The van der Waals surface area contributed by atoms with Gasteiger partial charge in [0.1, 0.15) is 0 Å². The van der Waals surface area contributed by atoms with Crippen molar-refractivity contribution in [1.82, 2.24) is 0 Å². The average molecular weight is 341 g/mol. The number of hydrogen-bond acceptors (Lipinski definition) is 1. The van der Waals surface area contributed by atoms with Gasteiger partial charge in [-0.25, -0.2) is 0 Å². The molecular formula is C9H10OPb. The summed E-state index contributed by atoms with van der Waals surface area (Å²) in [5.41, 5.74) is 1.13. The molecule has 1 nitrogen and oxygen atoms in total. The van der Waals surface area contributed by atoms with Crippen molar-refractivity contribution < 1.29 is 4.74 Å². The molecule has 1 aromatic rings. The summed E-state index contributed by atoms with van der Waals surface area (Å²) in [6.45, 7) is 3.67. The summed E-state index contributed by atoms with van der Waals surface area (Å²) < 4.78 is 6.23. The van der Waals surface area contributed by atoms with E-state index in [0.29, 0.717) is 0 Å². The Labute approximate surface area is 82.8 Å². The standard InChI is InChI=1S/C9H9O.Pb.H/c1-3-8-4-6-9(10-2)7-5-8;;/h3-7H,1-2H2;;. The molecule has 0 saturated carbocycles. The van der Waals surface area contributed by atoms with Gasteiger partial charge in [-0.15, -0.1) is 0 Å². The molecule has 0 aliphatic rings. The van der Waals surface area contributed by atoms with Gasteiger partial charge in [0, 0.05) is 0 Å². The SMILES string of the molecule is C=Cc1ccc(O[CH2][PbH])cc1. The first kappa shape index (κ1) is 8.78. The zero-order chi connectivity index (χ0) is 8.10. The maximum absolute atomic E-state index is 5.35. The Hall–Kier alpha value is -0.318. The summed E-state index contributed by atoms with van der Waals surface area (Å²) >= 11 is 0.902. The van der Waals surface area contributed by atoms with E-state index >= 15 is 0 Å². The van der Waals surface area contributed by atoms with Crippen LogP contribution in [0.1, 0.15) is 5.56 Å². The molecule has 0 atom stereocenters. The summed E-state index contributed by atoms with van der Waals surface area (Å²) in [7, 11) is 0. The van der Waals surface area contributed by atoms with Crippen LogP contribution in [0.5, 0.6) is 5.75 Å². The second-order valence-electron chi connectivity index (χ2n) is 2.08. The fourth-order valence-corrected chi connectivity index (χ4v) is 1.54. The minimum absolute atomic E-state index is 0.882. The van der Waals surface area contributed by atoms with Crippen LogP contribution in [0.3, 0.4) is 0 Å². The molecule has 0 unspecified atom stereocenters. The van der Waals surface area contributed by atoms with Crippen molar-refractivity contribution in [2.75, 3.05) is 4.17 Å². The van der Waals surface area contributed by atoms with Crippen molar-refractivity contribution >= 4 is 31.8 Å². The molecule has 0 bridgehead atoms. The van der Waals surface area contributed by atoms with E-state index in [0.717, 1.165) is 41.2 Å². The summed E-state index contributed by atoms with van der Waals surface area (Å²) in [5.74, 6) is 0.957. The predicted octanol–water partition coefficient (Wildman–Crippen LogP) is 1.57. The Balaban J connectivity index is 2.74. The number of benzene rings is 1. The van der Waals surface area contributed by atoms with Gasteiger partial charge in [0.25, 0.3) is 0 Å². The molecule has 2 heteroatoms. The number of hydrogen-bond donors (Lipinski definition) is 0. The van der Waals surface area contributed by atoms with Crippen LogP contribution >= 0.6 is 0 Å². The number of ether oxygens (including phenoxy) is 1. The second kappa shape index (κ2) is 4.54. The first-order valence-electron chi connectivity index (χ1n) is 3.42. The normalized spacial score (nSPS) is 9.18. The third-order valence-electron chi connectivity index (χ3n) is 1.37. The summed E-state index contributed by atoms with van der Waals surface area (Å²) in [6, 6.07) is 7.95. The number of rotatable bonds is 3. The molecule has 0 aliphatic carbocycles. The fourth-order valence-electron chi connectivity index (χ4n) is 0.796. The molecule has 0 aliphatic heterocycles. The molecule has 1 aromatic carbocycles. The predicted molar refractivity (Wildman–Crippen MR) is 49.2 cm³/mol. The zero-order valence-corrected chi connectivity index (χ0v) is 10.8. The van der Waals surface area contributed by atoms with Gasteiger partial charge in [-0.05, 0) is 0 Å². The van der Waals surface area contributed by atoms with Crippen molar-refractivity contribution in [2.45, 2.75) is 0 Å². The molecule has 0 amide bonds. The van der Waals surface area contributed by atoms with Crippen LogP contribution in [0.25, 0.3) is 6.08 Å². The van der Waals surface area contributed by atoms with Crippen LogP contribution in [-0.4, -0.2) is 29.9 Å². The molecule has 0 fully saturated rings. The third-order valence-corrected chi connectivity index (χ3v) is 2.01. The molecule has 1 rings (SSSR count). The van der Waals surface area contributed by atoms with Crippen LogP contribution in [-0.2, 0) is 0 Å². The summed E-state index contributed by atoms with van der Waals surface area (Å²) in [5, 5.41) is 0.